The molecular formula is C11H10ClF3N4O. The topological polar surface area (TPSA) is 59.3 Å². The van der Waals surface area contributed by atoms with Crippen molar-refractivity contribution in [2.45, 2.75) is 26.1 Å². The lowest BCUT2D eigenvalue weighted by Crippen LogP contribution is -2.43. The van der Waals surface area contributed by atoms with E-state index in [9.17, 15) is 18.0 Å². The fourth-order valence-corrected chi connectivity index (χ4v) is 1.83. The van der Waals surface area contributed by atoms with Crippen molar-refractivity contribution >= 4 is 23.2 Å². The minimum absolute atomic E-state index is 0.0632. The van der Waals surface area contributed by atoms with Crippen molar-refractivity contribution in [3.05, 3.63) is 28.7 Å². The van der Waals surface area contributed by atoms with E-state index in [4.69, 9.17) is 11.6 Å². The van der Waals surface area contributed by atoms with Crippen LogP contribution in [0, 0.1) is 6.92 Å². The average molecular weight is 307 g/mol. The zero-order valence-electron chi connectivity index (χ0n) is 10.5. The van der Waals surface area contributed by atoms with Gasteiger partial charge < -0.3 is 5.32 Å². The number of alkyl halides is 3. The predicted octanol–water partition coefficient (Wildman–Crippen LogP) is 2.37. The van der Waals surface area contributed by atoms with E-state index >= 15 is 0 Å². The first kappa shape index (κ1) is 14.6. The highest BCUT2D eigenvalue weighted by molar-refractivity contribution is 6.29. The molecule has 0 saturated carbocycles. The number of fused-ring (bicyclic) bond motifs is 1. The molecule has 0 aromatic carbocycles. The maximum absolute atomic E-state index is 12.4. The Labute approximate surface area is 116 Å². The highest BCUT2D eigenvalue weighted by atomic mass is 35.5. The highest BCUT2D eigenvalue weighted by Crippen LogP contribution is 2.21. The number of aryl methyl sites for hydroxylation is 1. The van der Waals surface area contributed by atoms with Crippen molar-refractivity contribution in [3.63, 3.8) is 0 Å². The molecule has 0 aliphatic heterocycles. The summed E-state index contributed by atoms with van der Waals surface area (Å²) < 4.78 is 38.6. The molecule has 0 spiro atoms. The minimum atomic E-state index is -4.51. The number of hydrogen-bond acceptors (Lipinski definition) is 3. The molecule has 1 amide bonds. The molecule has 1 atom stereocenters. The summed E-state index contributed by atoms with van der Waals surface area (Å²) in [6.07, 6.45) is -3.36. The second kappa shape index (κ2) is 4.93. The molecule has 9 heteroatoms. The van der Waals surface area contributed by atoms with Crippen LogP contribution in [0.3, 0.4) is 0 Å². The van der Waals surface area contributed by atoms with Crippen LogP contribution in [0.5, 0.6) is 0 Å². The summed E-state index contributed by atoms with van der Waals surface area (Å²) in [4.78, 5) is 15.8. The van der Waals surface area contributed by atoms with E-state index in [0.29, 0.717) is 5.69 Å². The van der Waals surface area contributed by atoms with E-state index in [1.165, 1.54) is 10.6 Å². The second-order valence-corrected chi connectivity index (χ2v) is 4.64. The zero-order valence-corrected chi connectivity index (χ0v) is 11.2. The number of amides is 1. The molecule has 20 heavy (non-hydrogen) atoms. The summed E-state index contributed by atoms with van der Waals surface area (Å²) in [5, 5.41) is 5.89. The summed E-state index contributed by atoms with van der Waals surface area (Å²) in [7, 11) is 0. The van der Waals surface area contributed by atoms with E-state index in [2.05, 4.69) is 10.1 Å². The first-order valence-corrected chi connectivity index (χ1v) is 5.96. The van der Waals surface area contributed by atoms with Gasteiger partial charge in [-0.15, -0.1) is 0 Å². The van der Waals surface area contributed by atoms with Crippen molar-refractivity contribution < 1.29 is 18.0 Å². The Hall–Kier alpha value is -1.83. The van der Waals surface area contributed by atoms with Crippen molar-refractivity contribution in [1.29, 1.82) is 0 Å². The van der Waals surface area contributed by atoms with Gasteiger partial charge in [-0.3, -0.25) is 4.79 Å². The fraction of sp³-hybridized carbons (Fsp3) is 0.364. The van der Waals surface area contributed by atoms with Gasteiger partial charge in [0, 0.05) is 5.69 Å². The van der Waals surface area contributed by atoms with Gasteiger partial charge in [0.05, 0.1) is 6.20 Å². The van der Waals surface area contributed by atoms with Crippen LogP contribution in [0.2, 0.25) is 5.15 Å². The zero-order chi connectivity index (χ0) is 15.1. The van der Waals surface area contributed by atoms with Crippen LogP contribution < -0.4 is 5.32 Å². The molecule has 2 aromatic rings. The number of rotatable bonds is 2. The lowest BCUT2D eigenvalue weighted by atomic mass is 10.2. The van der Waals surface area contributed by atoms with Crippen LogP contribution in [-0.4, -0.2) is 32.7 Å². The lowest BCUT2D eigenvalue weighted by molar-refractivity contribution is -0.149. The first-order chi connectivity index (χ1) is 9.20. The Morgan fingerprint density at radius 2 is 2.15 bits per heavy atom. The summed E-state index contributed by atoms with van der Waals surface area (Å²) in [5.74, 6) is -0.904. The smallest absolute Gasteiger partial charge is 0.340 e. The van der Waals surface area contributed by atoms with Crippen LogP contribution in [0.1, 0.15) is 23.0 Å². The molecule has 1 N–H and O–H groups in total. The number of carbonyl (C=O) groups excluding carboxylic acids is 1. The predicted molar refractivity (Wildman–Crippen MR) is 65.7 cm³/mol. The molecule has 0 aliphatic rings. The Morgan fingerprint density at radius 1 is 1.50 bits per heavy atom. The number of hydrogen-bond donors (Lipinski definition) is 1. The van der Waals surface area contributed by atoms with Crippen molar-refractivity contribution in [1.82, 2.24) is 19.9 Å². The van der Waals surface area contributed by atoms with Crippen LogP contribution in [0.4, 0.5) is 13.2 Å². The van der Waals surface area contributed by atoms with E-state index in [-0.39, 0.29) is 16.4 Å². The Morgan fingerprint density at radius 3 is 2.75 bits per heavy atom. The Kier molecular flexibility index (Phi) is 3.59. The van der Waals surface area contributed by atoms with Crippen LogP contribution in [0.15, 0.2) is 12.3 Å². The number of nitrogens with zero attached hydrogens (tertiary/aromatic N) is 3. The van der Waals surface area contributed by atoms with Crippen LogP contribution >= 0.6 is 11.6 Å². The summed E-state index contributed by atoms with van der Waals surface area (Å²) in [6.45, 7) is 2.54. The first-order valence-electron chi connectivity index (χ1n) is 5.58. The normalized spacial score (nSPS) is 13.5. The molecular weight excluding hydrogens is 297 g/mol. The van der Waals surface area contributed by atoms with E-state index in [1.807, 2.05) is 5.32 Å². The van der Waals surface area contributed by atoms with Crippen molar-refractivity contribution in [2.24, 2.45) is 0 Å². The van der Waals surface area contributed by atoms with Crippen molar-refractivity contribution in [3.8, 4) is 0 Å². The van der Waals surface area contributed by atoms with Crippen LogP contribution in [0.25, 0.3) is 5.65 Å². The summed E-state index contributed by atoms with van der Waals surface area (Å²) in [6, 6.07) is -0.438. The van der Waals surface area contributed by atoms with Gasteiger partial charge in [0.1, 0.15) is 16.8 Å². The van der Waals surface area contributed by atoms with Gasteiger partial charge in [-0.1, -0.05) is 11.6 Å². The number of carbonyl (C=O) groups is 1. The van der Waals surface area contributed by atoms with Crippen molar-refractivity contribution in [2.75, 3.05) is 0 Å². The molecule has 108 valence electrons. The van der Waals surface area contributed by atoms with Gasteiger partial charge in [0.2, 0.25) is 0 Å². The second-order valence-electron chi connectivity index (χ2n) is 4.25. The van der Waals surface area contributed by atoms with Gasteiger partial charge >= 0.3 is 6.18 Å². The standard InChI is InChI=1S/C11H10ClF3N4O/c1-5-3-8(12)18-9-7(4-16-19(5)9)10(20)17-6(2)11(13,14)15/h3-4,6H,1-2H3,(H,17,20)/t6-/m1/s1. The van der Waals surface area contributed by atoms with Gasteiger partial charge in [-0.05, 0) is 19.9 Å². The molecule has 2 rings (SSSR count). The quantitative estimate of drug-likeness (QED) is 0.867. The molecule has 0 radical (unpaired) electrons. The molecule has 5 nitrogen and oxygen atoms in total. The lowest BCUT2D eigenvalue weighted by Gasteiger charge is -2.16. The Bertz CT molecular complexity index is 667. The number of halogens is 4. The van der Waals surface area contributed by atoms with Gasteiger partial charge in [0.15, 0.2) is 5.65 Å². The van der Waals surface area contributed by atoms with E-state index < -0.39 is 18.1 Å². The average Bonchev–Trinajstić information content (AvgIpc) is 2.71. The third kappa shape index (κ3) is 2.69. The van der Waals surface area contributed by atoms with Crippen LogP contribution in [-0.2, 0) is 0 Å². The molecule has 0 saturated heterocycles. The third-order valence-electron chi connectivity index (χ3n) is 2.70. The molecule has 0 bridgehead atoms. The summed E-state index contributed by atoms with van der Waals surface area (Å²) in [5.41, 5.74) is 0.663. The fourth-order valence-electron chi connectivity index (χ4n) is 1.59. The van der Waals surface area contributed by atoms with Gasteiger partial charge in [-0.25, -0.2) is 9.50 Å². The molecule has 0 aliphatic carbocycles. The maximum atomic E-state index is 12.4. The Balaban J connectivity index is 2.36. The van der Waals surface area contributed by atoms with E-state index in [1.54, 1.807) is 6.92 Å². The minimum Gasteiger partial charge on any atom is -0.340 e. The third-order valence-corrected chi connectivity index (χ3v) is 2.90. The molecule has 2 aromatic heterocycles. The largest absolute Gasteiger partial charge is 0.408 e. The molecule has 0 fully saturated rings. The maximum Gasteiger partial charge on any atom is 0.408 e. The highest BCUT2D eigenvalue weighted by Gasteiger charge is 2.37. The van der Waals surface area contributed by atoms with E-state index in [0.717, 1.165) is 13.1 Å². The number of nitrogens with one attached hydrogen (secondary N) is 1. The monoisotopic (exact) mass is 306 g/mol. The SMILES string of the molecule is Cc1cc(Cl)nc2c(C(=O)N[C@H](C)C(F)(F)F)cnn12. The molecule has 2 heterocycles. The molecule has 0 unspecified atom stereocenters. The number of aromatic nitrogens is 3. The van der Waals surface area contributed by atoms with Gasteiger partial charge in [0.25, 0.3) is 5.91 Å². The summed E-state index contributed by atoms with van der Waals surface area (Å²) >= 11 is 5.77. The van der Waals surface area contributed by atoms with Gasteiger partial charge in [-0.2, -0.15) is 18.3 Å².